The summed E-state index contributed by atoms with van der Waals surface area (Å²) in [6, 6.07) is 0. The summed E-state index contributed by atoms with van der Waals surface area (Å²) in [6.45, 7) is 0. The molecule has 100 valence electrons. The lowest BCUT2D eigenvalue weighted by Crippen LogP contribution is -2.27. The van der Waals surface area contributed by atoms with Crippen LogP contribution in [0.1, 0.15) is 25.7 Å². The Morgan fingerprint density at radius 2 is 1.17 bits per heavy atom. The van der Waals surface area contributed by atoms with E-state index in [9.17, 15) is 9.59 Å². The highest BCUT2D eigenvalue weighted by Crippen LogP contribution is 2.30. The molecule has 0 aromatic heterocycles. The van der Waals surface area contributed by atoms with Crippen LogP contribution in [0.25, 0.3) is 0 Å². The molecule has 1 aliphatic rings. The van der Waals surface area contributed by atoms with Crippen LogP contribution < -0.4 is 0 Å². The Kier molecular flexibility index (Phi) is 5.76. The van der Waals surface area contributed by atoms with Crippen LogP contribution in [0.4, 0.5) is 0 Å². The van der Waals surface area contributed by atoms with Crippen molar-refractivity contribution in [1.29, 1.82) is 0 Å². The van der Waals surface area contributed by atoms with Gasteiger partial charge in [-0.05, 0) is 25.7 Å². The highest BCUT2D eigenvalue weighted by molar-refractivity contribution is 5.75. The second-order valence-corrected chi connectivity index (χ2v) is 3.99. The van der Waals surface area contributed by atoms with E-state index in [1.165, 1.54) is 0 Å². The Hall–Kier alpha value is -1.98. The van der Waals surface area contributed by atoms with Crippen molar-refractivity contribution in [3.8, 4) is 0 Å². The van der Waals surface area contributed by atoms with Gasteiger partial charge in [0, 0.05) is 0 Å². The Bertz CT molecular complexity index is 304. The van der Waals surface area contributed by atoms with E-state index in [0.717, 1.165) is 12.5 Å². The van der Waals surface area contributed by atoms with Crippen molar-refractivity contribution in [2.24, 2.45) is 11.8 Å². The third kappa shape index (κ3) is 4.12. The highest BCUT2D eigenvalue weighted by atomic mass is 16.5. The molecule has 0 radical (unpaired) electrons. The zero-order valence-electron chi connectivity index (χ0n) is 9.82. The lowest BCUT2D eigenvalue weighted by Gasteiger charge is -2.24. The molecule has 0 unspecified atom stereocenters. The molecule has 0 heterocycles. The largest absolute Gasteiger partial charge is 0.512 e. The van der Waals surface area contributed by atoms with E-state index in [-0.39, 0.29) is 11.8 Å². The van der Waals surface area contributed by atoms with E-state index in [1.807, 2.05) is 0 Å². The zero-order valence-corrected chi connectivity index (χ0v) is 9.82. The van der Waals surface area contributed by atoms with Crippen molar-refractivity contribution >= 4 is 11.9 Å². The average molecular weight is 256 g/mol. The minimum absolute atomic E-state index is 0.251. The first-order valence-corrected chi connectivity index (χ1v) is 5.68. The summed E-state index contributed by atoms with van der Waals surface area (Å²) in [6.07, 6.45) is 5.33. The topological polar surface area (TPSA) is 93.1 Å². The van der Waals surface area contributed by atoms with Crippen molar-refractivity contribution in [1.82, 2.24) is 0 Å². The molecule has 0 atom stereocenters. The number of hydrogen-bond acceptors (Lipinski definition) is 6. The Morgan fingerprint density at radius 1 is 0.833 bits per heavy atom. The van der Waals surface area contributed by atoms with Crippen molar-refractivity contribution < 1.29 is 29.3 Å². The summed E-state index contributed by atoms with van der Waals surface area (Å²) in [4.78, 5) is 22.9. The van der Waals surface area contributed by atoms with Crippen molar-refractivity contribution in [3.63, 3.8) is 0 Å². The normalized spacial score (nSPS) is 24.2. The van der Waals surface area contributed by atoms with Gasteiger partial charge in [0.25, 0.3) is 0 Å². The zero-order chi connectivity index (χ0) is 13.4. The highest BCUT2D eigenvalue weighted by Gasteiger charge is 2.31. The monoisotopic (exact) mass is 256 g/mol. The van der Waals surface area contributed by atoms with Crippen molar-refractivity contribution in [2.45, 2.75) is 25.7 Å². The fraction of sp³-hybridized carbons (Fsp3) is 0.500. The van der Waals surface area contributed by atoms with Crippen LogP contribution >= 0.6 is 0 Å². The maximum absolute atomic E-state index is 11.5. The molecule has 0 spiro atoms. The first-order valence-electron chi connectivity index (χ1n) is 5.68. The SMILES string of the molecule is O=C(OC=CO)C1CCC(C(=O)OC=CO)CC1. The maximum atomic E-state index is 11.5. The van der Waals surface area contributed by atoms with Crippen molar-refractivity contribution in [2.75, 3.05) is 0 Å². The van der Waals surface area contributed by atoms with Gasteiger partial charge < -0.3 is 19.7 Å². The molecule has 0 saturated heterocycles. The number of carbonyl (C=O) groups is 2. The smallest absolute Gasteiger partial charge is 0.313 e. The summed E-state index contributed by atoms with van der Waals surface area (Å²) in [5, 5.41) is 16.7. The number of aliphatic hydroxyl groups is 2. The van der Waals surface area contributed by atoms with Gasteiger partial charge in [0.05, 0.1) is 11.8 Å². The Labute approximate surface area is 105 Å². The molecule has 6 nitrogen and oxygen atoms in total. The van der Waals surface area contributed by atoms with Crippen LogP contribution in [0.15, 0.2) is 25.0 Å². The number of aliphatic hydroxyl groups excluding tert-OH is 2. The number of carbonyl (C=O) groups excluding carboxylic acids is 2. The third-order valence-electron chi connectivity index (χ3n) is 2.88. The van der Waals surface area contributed by atoms with Crippen LogP contribution in [0.2, 0.25) is 0 Å². The molecular weight excluding hydrogens is 240 g/mol. The van der Waals surface area contributed by atoms with Crippen molar-refractivity contribution in [3.05, 3.63) is 25.0 Å². The van der Waals surface area contributed by atoms with Gasteiger partial charge in [-0.3, -0.25) is 9.59 Å². The van der Waals surface area contributed by atoms with Gasteiger partial charge in [-0.15, -0.1) is 0 Å². The molecule has 1 aliphatic carbocycles. The fourth-order valence-corrected chi connectivity index (χ4v) is 1.95. The van der Waals surface area contributed by atoms with Crippen LogP contribution in [0, 0.1) is 11.8 Å². The molecule has 0 amide bonds. The molecule has 0 aliphatic heterocycles. The second-order valence-electron chi connectivity index (χ2n) is 3.99. The molecule has 1 rings (SSSR count). The van der Waals surface area contributed by atoms with Gasteiger partial charge in [-0.1, -0.05) is 0 Å². The number of hydrogen-bond donors (Lipinski definition) is 2. The molecule has 1 saturated carbocycles. The predicted octanol–water partition coefficient (Wildman–Crippen LogP) is 1.94. The average Bonchev–Trinajstić information content (AvgIpc) is 2.42. The van der Waals surface area contributed by atoms with E-state index < -0.39 is 11.9 Å². The molecule has 0 aromatic rings. The summed E-state index contributed by atoms with van der Waals surface area (Å²) < 4.78 is 9.32. The minimum atomic E-state index is -0.401. The van der Waals surface area contributed by atoms with Crippen LogP contribution in [-0.4, -0.2) is 22.2 Å². The lowest BCUT2D eigenvalue weighted by molar-refractivity contribution is -0.149. The molecule has 6 heteroatoms. The summed E-state index contributed by atoms with van der Waals surface area (Å²) in [5.41, 5.74) is 0. The standard InChI is InChI=1S/C12H16O6/c13-5-7-17-11(15)9-1-2-10(4-3-9)12(16)18-8-6-14/h5-10,13-14H,1-4H2. The minimum Gasteiger partial charge on any atom is -0.512 e. The van der Waals surface area contributed by atoms with E-state index in [1.54, 1.807) is 0 Å². The summed E-state index contributed by atoms with van der Waals surface area (Å²) in [5.74, 6) is -1.30. The summed E-state index contributed by atoms with van der Waals surface area (Å²) >= 11 is 0. The molecule has 0 bridgehead atoms. The van der Waals surface area contributed by atoms with Gasteiger partial charge >= 0.3 is 11.9 Å². The Morgan fingerprint density at radius 3 is 1.44 bits per heavy atom. The van der Waals surface area contributed by atoms with Gasteiger partial charge in [-0.25, -0.2) is 0 Å². The van der Waals surface area contributed by atoms with E-state index in [0.29, 0.717) is 38.2 Å². The van der Waals surface area contributed by atoms with E-state index >= 15 is 0 Å². The van der Waals surface area contributed by atoms with E-state index in [2.05, 4.69) is 9.47 Å². The fourth-order valence-electron chi connectivity index (χ4n) is 1.95. The van der Waals surface area contributed by atoms with Crippen LogP contribution in [-0.2, 0) is 19.1 Å². The summed E-state index contributed by atoms with van der Waals surface area (Å²) in [7, 11) is 0. The molecular formula is C12H16O6. The van der Waals surface area contributed by atoms with Gasteiger partial charge in [0.1, 0.15) is 25.0 Å². The molecule has 18 heavy (non-hydrogen) atoms. The maximum Gasteiger partial charge on any atom is 0.313 e. The number of rotatable bonds is 4. The second kappa shape index (κ2) is 7.37. The lowest BCUT2D eigenvalue weighted by atomic mass is 9.82. The number of ether oxygens (including phenoxy) is 2. The van der Waals surface area contributed by atoms with Crippen LogP contribution in [0.3, 0.4) is 0 Å². The third-order valence-corrected chi connectivity index (χ3v) is 2.88. The van der Waals surface area contributed by atoms with Gasteiger partial charge in [0.15, 0.2) is 0 Å². The predicted molar refractivity (Wildman–Crippen MR) is 61.2 cm³/mol. The quantitative estimate of drug-likeness (QED) is 0.589. The Balaban J connectivity index is 2.36. The first-order chi connectivity index (χ1) is 8.69. The van der Waals surface area contributed by atoms with Crippen LogP contribution in [0.5, 0.6) is 0 Å². The molecule has 0 aromatic carbocycles. The molecule has 2 N–H and O–H groups in total. The molecule has 1 fully saturated rings. The number of esters is 2. The van der Waals surface area contributed by atoms with E-state index in [4.69, 9.17) is 10.2 Å². The van der Waals surface area contributed by atoms with Gasteiger partial charge in [0.2, 0.25) is 0 Å². The van der Waals surface area contributed by atoms with Gasteiger partial charge in [-0.2, -0.15) is 0 Å². The first kappa shape index (κ1) is 14.1.